The van der Waals surface area contributed by atoms with Crippen molar-refractivity contribution in [2.45, 2.75) is 38.3 Å². The van der Waals surface area contributed by atoms with E-state index in [1.165, 1.54) is 6.33 Å². The molecule has 0 spiro atoms. The van der Waals surface area contributed by atoms with Crippen LogP contribution in [0.5, 0.6) is 0 Å². The molecule has 2 rings (SSSR count). The van der Waals surface area contributed by atoms with Gasteiger partial charge < -0.3 is 20.3 Å². The van der Waals surface area contributed by atoms with Crippen LogP contribution in [0.15, 0.2) is 6.33 Å². The average molecular weight is 281 g/mol. The van der Waals surface area contributed by atoms with Crippen LogP contribution in [0.25, 0.3) is 0 Å². The number of carboxylic acid groups (broad SMARTS) is 1. The second-order valence-electron chi connectivity index (χ2n) is 5.40. The number of hydrogen-bond donors (Lipinski definition) is 3. The molecular formula is C12H19N5O3. The van der Waals surface area contributed by atoms with Gasteiger partial charge in [-0.05, 0) is 32.6 Å². The van der Waals surface area contributed by atoms with Crippen LogP contribution in [0.4, 0.5) is 4.79 Å². The third kappa shape index (κ3) is 2.73. The van der Waals surface area contributed by atoms with Crippen LogP contribution in [0, 0.1) is 5.92 Å². The normalized spacial score (nSPS) is 18.9. The molecule has 1 heterocycles. The Bertz CT molecular complexity index is 525. The molecule has 0 aromatic carbocycles. The monoisotopic (exact) mass is 281 g/mol. The molecule has 1 fully saturated rings. The molecule has 2 amide bonds. The number of hydrogen-bond acceptors (Lipinski definition) is 4. The first-order chi connectivity index (χ1) is 9.34. The van der Waals surface area contributed by atoms with E-state index in [-0.39, 0.29) is 12.0 Å². The minimum absolute atomic E-state index is 0.00381. The van der Waals surface area contributed by atoms with E-state index in [4.69, 9.17) is 0 Å². The van der Waals surface area contributed by atoms with Gasteiger partial charge in [0.05, 0.1) is 6.04 Å². The molecule has 0 bridgehead atoms. The van der Waals surface area contributed by atoms with Gasteiger partial charge in [-0.2, -0.15) is 0 Å². The van der Waals surface area contributed by atoms with Crippen LogP contribution < -0.4 is 10.6 Å². The lowest BCUT2D eigenvalue weighted by Crippen LogP contribution is -2.57. The quantitative estimate of drug-likeness (QED) is 0.725. The minimum Gasteiger partial charge on any atom is -0.480 e. The molecule has 2 atom stereocenters. The van der Waals surface area contributed by atoms with Gasteiger partial charge in [0.2, 0.25) is 0 Å². The molecule has 1 aromatic heterocycles. The zero-order valence-corrected chi connectivity index (χ0v) is 11.8. The summed E-state index contributed by atoms with van der Waals surface area (Å²) >= 11 is 0. The standard InChI is InChI=1S/C12H19N5O3/c1-7(9-16-13-6-17(9)3)14-11(20)15-12(2,10(18)19)8-4-5-8/h6-8H,4-5H2,1-3H3,(H,18,19)(H2,14,15,20). The van der Waals surface area contributed by atoms with Crippen molar-refractivity contribution >= 4 is 12.0 Å². The number of nitrogens with zero attached hydrogens (tertiary/aromatic N) is 3. The van der Waals surface area contributed by atoms with E-state index in [0.717, 1.165) is 12.8 Å². The molecule has 1 saturated carbocycles. The Balaban J connectivity index is 1.98. The summed E-state index contributed by atoms with van der Waals surface area (Å²) in [4.78, 5) is 23.3. The third-order valence-electron chi connectivity index (χ3n) is 3.69. The largest absolute Gasteiger partial charge is 0.480 e. The van der Waals surface area contributed by atoms with Crippen molar-refractivity contribution in [3.8, 4) is 0 Å². The Morgan fingerprint density at radius 1 is 1.55 bits per heavy atom. The summed E-state index contributed by atoms with van der Waals surface area (Å²) < 4.78 is 1.70. The second kappa shape index (κ2) is 5.10. The molecule has 110 valence electrons. The summed E-state index contributed by atoms with van der Waals surface area (Å²) in [5.74, 6) is -0.416. The topological polar surface area (TPSA) is 109 Å². The number of urea groups is 1. The highest BCUT2D eigenvalue weighted by Crippen LogP contribution is 2.39. The van der Waals surface area contributed by atoms with Crippen LogP contribution in [-0.2, 0) is 11.8 Å². The lowest BCUT2D eigenvalue weighted by atomic mass is 9.96. The zero-order valence-electron chi connectivity index (χ0n) is 11.8. The zero-order chi connectivity index (χ0) is 14.9. The number of aryl methyl sites for hydroxylation is 1. The minimum atomic E-state index is -1.22. The van der Waals surface area contributed by atoms with Crippen LogP contribution in [-0.4, -0.2) is 37.4 Å². The van der Waals surface area contributed by atoms with Crippen molar-refractivity contribution in [3.63, 3.8) is 0 Å². The molecule has 3 N–H and O–H groups in total. The van der Waals surface area contributed by atoms with E-state index in [1.807, 2.05) is 0 Å². The van der Waals surface area contributed by atoms with Gasteiger partial charge in [0.15, 0.2) is 5.82 Å². The van der Waals surface area contributed by atoms with Gasteiger partial charge in [-0.3, -0.25) is 0 Å². The maximum Gasteiger partial charge on any atom is 0.329 e. The maximum atomic E-state index is 12.0. The molecule has 1 aliphatic carbocycles. The van der Waals surface area contributed by atoms with Crippen LogP contribution >= 0.6 is 0 Å². The first-order valence-electron chi connectivity index (χ1n) is 6.50. The molecular weight excluding hydrogens is 262 g/mol. The Labute approximate surface area is 116 Å². The van der Waals surface area contributed by atoms with Gasteiger partial charge in [0.25, 0.3) is 0 Å². The van der Waals surface area contributed by atoms with Gasteiger partial charge in [0.1, 0.15) is 11.9 Å². The molecule has 8 nitrogen and oxygen atoms in total. The highest BCUT2D eigenvalue weighted by molar-refractivity contribution is 5.86. The molecule has 1 aliphatic rings. The van der Waals surface area contributed by atoms with Crippen molar-refractivity contribution in [3.05, 3.63) is 12.2 Å². The number of carbonyl (C=O) groups is 2. The highest BCUT2D eigenvalue weighted by atomic mass is 16.4. The third-order valence-corrected chi connectivity index (χ3v) is 3.69. The molecule has 8 heteroatoms. The van der Waals surface area contributed by atoms with Crippen molar-refractivity contribution in [2.75, 3.05) is 0 Å². The van der Waals surface area contributed by atoms with Gasteiger partial charge in [-0.15, -0.1) is 10.2 Å². The first-order valence-corrected chi connectivity index (χ1v) is 6.50. The predicted octanol–water partition coefficient (Wildman–Crippen LogP) is 0.429. The number of carbonyl (C=O) groups excluding carboxylic acids is 1. The molecule has 1 aromatic rings. The number of nitrogens with one attached hydrogen (secondary N) is 2. The number of rotatable bonds is 5. The van der Waals surface area contributed by atoms with Crippen molar-refractivity contribution in [1.82, 2.24) is 25.4 Å². The fourth-order valence-electron chi connectivity index (χ4n) is 2.21. The lowest BCUT2D eigenvalue weighted by Gasteiger charge is -2.27. The SMILES string of the molecule is CC(NC(=O)NC(C)(C(=O)O)C1CC1)c1nncn1C. The van der Waals surface area contributed by atoms with Crippen LogP contribution in [0.3, 0.4) is 0 Å². The molecule has 2 unspecified atom stereocenters. The number of aliphatic carboxylic acids is 1. The van der Waals surface area contributed by atoms with Crippen molar-refractivity contribution in [1.29, 1.82) is 0 Å². The number of aromatic nitrogens is 3. The van der Waals surface area contributed by atoms with Crippen molar-refractivity contribution in [2.24, 2.45) is 13.0 Å². The second-order valence-corrected chi connectivity index (χ2v) is 5.40. The number of amides is 2. The van der Waals surface area contributed by atoms with Gasteiger partial charge in [-0.25, -0.2) is 9.59 Å². The Morgan fingerprint density at radius 3 is 2.65 bits per heavy atom. The summed E-state index contributed by atoms with van der Waals surface area (Å²) in [5, 5.41) is 22.2. The van der Waals surface area contributed by atoms with E-state index in [1.54, 1.807) is 25.5 Å². The first kappa shape index (κ1) is 14.3. The summed E-state index contributed by atoms with van der Waals surface area (Å²) in [5.41, 5.74) is -1.22. The maximum absolute atomic E-state index is 12.0. The Morgan fingerprint density at radius 2 is 2.20 bits per heavy atom. The van der Waals surface area contributed by atoms with Crippen LogP contribution in [0.1, 0.15) is 38.6 Å². The van der Waals surface area contributed by atoms with E-state index in [0.29, 0.717) is 5.82 Å². The fourth-order valence-corrected chi connectivity index (χ4v) is 2.21. The smallest absolute Gasteiger partial charge is 0.329 e. The van der Waals surface area contributed by atoms with Gasteiger partial charge >= 0.3 is 12.0 Å². The summed E-state index contributed by atoms with van der Waals surface area (Å²) in [7, 11) is 1.77. The van der Waals surface area contributed by atoms with E-state index >= 15 is 0 Å². The summed E-state index contributed by atoms with van der Waals surface area (Å²) in [6, 6.07) is -0.878. The van der Waals surface area contributed by atoms with E-state index in [9.17, 15) is 14.7 Å². The molecule has 0 aliphatic heterocycles. The fraction of sp³-hybridized carbons (Fsp3) is 0.667. The van der Waals surface area contributed by atoms with Gasteiger partial charge in [0, 0.05) is 7.05 Å². The highest BCUT2D eigenvalue weighted by Gasteiger charge is 2.48. The summed E-state index contributed by atoms with van der Waals surface area (Å²) in [6.07, 6.45) is 3.18. The Kier molecular flexibility index (Phi) is 3.65. The molecule has 0 saturated heterocycles. The Hall–Kier alpha value is -2.12. The number of carboxylic acids is 1. The van der Waals surface area contributed by atoms with E-state index < -0.39 is 17.5 Å². The summed E-state index contributed by atoms with van der Waals surface area (Å²) in [6.45, 7) is 3.30. The average Bonchev–Trinajstić information content (AvgIpc) is 3.11. The predicted molar refractivity (Wildman–Crippen MR) is 69.9 cm³/mol. The van der Waals surface area contributed by atoms with Gasteiger partial charge in [-0.1, -0.05) is 0 Å². The molecule has 0 radical (unpaired) electrons. The lowest BCUT2D eigenvalue weighted by molar-refractivity contribution is -0.144. The van der Waals surface area contributed by atoms with E-state index in [2.05, 4.69) is 20.8 Å². The van der Waals surface area contributed by atoms with Crippen molar-refractivity contribution < 1.29 is 14.7 Å². The van der Waals surface area contributed by atoms with Crippen LogP contribution in [0.2, 0.25) is 0 Å². The molecule has 20 heavy (non-hydrogen) atoms.